The van der Waals surface area contributed by atoms with Gasteiger partial charge in [0.1, 0.15) is 5.82 Å². The third kappa shape index (κ3) is 3.93. The summed E-state index contributed by atoms with van der Waals surface area (Å²) in [5, 5.41) is 0. The van der Waals surface area contributed by atoms with E-state index in [1.807, 2.05) is 6.20 Å². The summed E-state index contributed by atoms with van der Waals surface area (Å²) in [4.78, 5) is 11.2. The first-order valence-corrected chi connectivity index (χ1v) is 9.89. The zero-order valence-electron chi connectivity index (χ0n) is 16.9. The Morgan fingerprint density at radius 1 is 1.28 bits per heavy atom. The number of likely N-dealkylation sites (tertiary alicyclic amines) is 1. The van der Waals surface area contributed by atoms with E-state index in [4.69, 9.17) is 15.5 Å². The SMILES string of the molecule is COCCN1C[C@@H]2[C@H](C1)[C@@H]2n1cc(-c2cnc(N)c(OC(F)F)c2)nc1C(C)C. The minimum absolute atomic E-state index is 0.0644. The Morgan fingerprint density at radius 3 is 2.62 bits per heavy atom. The van der Waals surface area contributed by atoms with Crippen molar-refractivity contribution in [3.05, 3.63) is 24.3 Å². The van der Waals surface area contributed by atoms with Gasteiger partial charge in [0.2, 0.25) is 0 Å². The average molecular weight is 407 g/mol. The number of nitrogens with zero attached hydrogens (tertiary/aromatic N) is 4. The molecule has 0 spiro atoms. The molecule has 0 aromatic carbocycles. The second kappa shape index (κ2) is 7.87. The van der Waals surface area contributed by atoms with Crippen LogP contribution in [0.1, 0.15) is 31.6 Å². The molecule has 0 radical (unpaired) electrons. The lowest BCUT2D eigenvalue weighted by molar-refractivity contribution is -0.0494. The number of hydrogen-bond acceptors (Lipinski definition) is 6. The van der Waals surface area contributed by atoms with Crippen molar-refractivity contribution in [3.63, 3.8) is 0 Å². The normalized spacial score (nSPS) is 23.8. The van der Waals surface area contributed by atoms with Crippen molar-refractivity contribution in [1.29, 1.82) is 0 Å². The largest absolute Gasteiger partial charge is 0.431 e. The van der Waals surface area contributed by atoms with Crippen LogP contribution in [0.5, 0.6) is 5.75 Å². The van der Waals surface area contributed by atoms with Gasteiger partial charge in [0.05, 0.1) is 12.3 Å². The minimum atomic E-state index is -2.95. The van der Waals surface area contributed by atoms with E-state index < -0.39 is 6.61 Å². The summed E-state index contributed by atoms with van der Waals surface area (Å²) in [6, 6.07) is 1.91. The first-order chi connectivity index (χ1) is 13.9. The Morgan fingerprint density at radius 2 is 2.00 bits per heavy atom. The van der Waals surface area contributed by atoms with Gasteiger partial charge in [-0.15, -0.1) is 0 Å². The van der Waals surface area contributed by atoms with Gasteiger partial charge in [0.25, 0.3) is 0 Å². The number of pyridine rings is 1. The molecule has 1 saturated carbocycles. The zero-order chi connectivity index (χ0) is 20.7. The van der Waals surface area contributed by atoms with Gasteiger partial charge >= 0.3 is 6.61 Å². The molecule has 0 bridgehead atoms. The number of nitrogens with two attached hydrogens (primary N) is 1. The molecule has 2 aromatic heterocycles. The number of imidazole rings is 1. The van der Waals surface area contributed by atoms with E-state index in [1.54, 1.807) is 13.3 Å². The summed E-state index contributed by atoms with van der Waals surface area (Å²) < 4.78 is 37.2. The number of anilines is 1. The Labute approximate surface area is 168 Å². The van der Waals surface area contributed by atoms with Crippen LogP contribution in [0.25, 0.3) is 11.3 Å². The Bertz CT molecular complexity index is 861. The summed E-state index contributed by atoms with van der Waals surface area (Å²) in [5.74, 6) is 2.28. The molecule has 2 aromatic rings. The van der Waals surface area contributed by atoms with Crippen LogP contribution < -0.4 is 10.5 Å². The third-order valence-corrected chi connectivity index (χ3v) is 5.83. The van der Waals surface area contributed by atoms with Crippen molar-refractivity contribution < 1.29 is 18.3 Å². The van der Waals surface area contributed by atoms with Gasteiger partial charge in [-0.1, -0.05) is 13.8 Å². The summed E-state index contributed by atoms with van der Waals surface area (Å²) in [7, 11) is 1.73. The van der Waals surface area contributed by atoms with E-state index in [9.17, 15) is 8.78 Å². The number of nitrogen functional groups attached to an aromatic ring is 1. The number of alkyl halides is 2. The second-order valence-corrected chi connectivity index (χ2v) is 8.10. The number of ether oxygens (including phenoxy) is 2. The highest BCUT2D eigenvalue weighted by molar-refractivity contribution is 5.64. The molecule has 0 amide bonds. The summed E-state index contributed by atoms with van der Waals surface area (Å²) in [6.07, 6.45) is 3.56. The molecule has 2 fully saturated rings. The van der Waals surface area contributed by atoms with E-state index >= 15 is 0 Å². The van der Waals surface area contributed by atoms with Crippen LogP contribution in [0, 0.1) is 11.8 Å². The maximum absolute atomic E-state index is 12.6. The molecule has 1 aliphatic carbocycles. The first kappa shape index (κ1) is 20.0. The monoisotopic (exact) mass is 407 g/mol. The minimum Gasteiger partial charge on any atom is -0.431 e. The molecule has 2 aliphatic rings. The molecule has 0 unspecified atom stereocenters. The standard InChI is InChI=1S/C20H27F2N5O2/c1-11(2)19-25-15(12-6-16(29-20(21)22)18(23)24-7-12)10-27(19)17-13-8-26(4-5-28-3)9-14(13)17/h6-7,10-11,13-14,17,20H,4-5,8-9H2,1-3H3,(H2,23,24)/t13-,14+,17-. The van der Waals surface area contributed by atoms with E-state index in [0.717, 1.165) is 32.1 Å². The quantitative estimate of drug-likeness (QED) is 0.725. The molecule has 158 valence electrons. The Kier molecular flexibility index (Phi) is 5.44. The van der Waals surface area contributed by atoms with Gasteiger partial charge in [0.15, 0.2) is 11.6 Å². The summed E-state index contributed by atoms with van der Waals surface area (Å²) in [6.45, 7) is 5.12. The molecule has 9 heteroatoms. The van der Waals surface area contributed by atoms with Crippen molar-refractivity contribution in [1.82, 2.24) is 19.4 Å². The van der Waals surface area contributed by atoms with Gasteiger partial charge < -0.3 is 24.7 Å². The predicted octanol–water partition coefficient (Wildman–Crippen LogP) is 3.00. The van der Waals surface area contributed by atoms with Gasteiger partial charge in [-0.25, -0.2) is 9.97 Å². The maximum Gasteiger partial charge on any atom is 0.387 e. The Balaban J connectivity index is 1.56. The Hall–Kier alpha value is -2.26. The highest BCUT2D eigenvalue weighted by Crippen LogP contribution is 2.56. The number of piperidine rings is 1. The molecule has 4 rings (SSSR count). The van der Waals surface area contributed by atoms with Crippen molar-refractivity contribution in [2.75, 3.05) is 39.1 Å². The lowest BCUT2D eigenvalue weighted by Gasteiger charge is -2.20. The highest BCUT2D eigenvalue weighted by atomic mass is 19.3. The van der Waals surface area contributed by atoms with E-state index in [2.05, 4.69) is 33.0 Å². The number of fused-ring (bicyclic) bond motifs is 1. The zero-order valence-corrected chi connectivity index (χ0v) is 16.9. The lowest BCUT2D eigenvalue weighted by Crippen LogP contribution is -2.28. The first-order valence-electron chi connectivity index (χ1n) is 9.89. The molecule has 29 heavy (non-hydrogen) atoms. The van der Waals surface area contributed by atoms with Crippen LogP contribution in [0.15, 0.2) is 18.5 Å². The molecule has 3 atom stereocenters. The molecule has 1 saturated heterocycles. The van der Waals surface area contributed by atoms with Gasteiger partial charge in [0, 0.05) is 56.7 Å². The van der Waals surface area contributed by atoms with Crippen LogP contribution in [-0.2, 0) is 4.74 Å². The predicted molar refractivity (Wildman–Crippen MR) is 105 cm³/mol. The van der Waals surface area contributed by atoms with Crippen LogP contribution in [-0.4, -0.2) is 59.4 Å². The number of aromatic nitrogens is 3. The topological polar surface area (TPSA) is 78.4 Å². The van der Waals surface area contributed by atoms with Crippen molar-refractivity contribution >= 4 is 5.82 Å². The molecule has 1 aliphatic heterocycles. The maximum atomic E-state index is 12.6. The molecule has 7 nitrogen and oxygen atoms in total. The van der Waals surface area contributed by atoms with Gasteiger partial charge in [-0.05, 0) is 17.9 Å². The fraction of sp³-hybridized carbons (Fsp3) is 0.600. The fourth-order valence-electron chi connectivity index (χ4n) is 4.40. The second-order valence-electron chi connectivity index (χ2n) is 8.10. The van der Waals surface area contributed by atoms with Crippen molar-refractivity contribution in [3.8, 4) is 17.0 Å². The van der Waals surface area contributed by atoms with Gasteiger partial charge in [-0.2, -0.15) is 8.78 Å². The fourth-order valence-corrected chi connectivity index (χ4v) is 4.40. The van der Waals surface area contributed by atoms with E-state index in [-0.39, 0.29) is 17.5 Å². The van der Waals surface area contributed by atoms with Crippen LogP contribution in [0.3, 0.4) is 0 Å². The smallest absolute Gasteiger partial charge is 0.387 e. The highest BCUT2D eigenvalue weighted by Gasteiger charge is 2.57. The summed E-state index contributed by atoms with van der Waals surface area (Å²) >= 11 is 0. The van der Waals surface area contributed by atoms with Gasteiger partial charge in [-0.3, -0.25) is 0 Å². The van der Waals surface area contributed by atoms with E-state index in [0.29, 0.717) is 29.1 Å². The number of halogens is 2. The summed E-state index contributed by atoms with van der Waals surface area (Å²) in [5.41, 5.74) is 6.97. The molecular formula is C20H27F2N5O2. The van der Waals surface area contributed by atoms with Crippen LogP contribution in [0.2, 0.25) is 0 Å². The lowest BCUT2D eigenvalue weighted by atomic mass is 10.2. The average Bonchev–Trinajstić information content (AvgIpc) is 3.03. The van der Waals surface area contributed by atoms with Crippen molar-refractivity contribution in [2.24, 2.45) is 11.8 Å². The van der Waals surface area contributed by atoms with Crippen molar-refractivity contribution in [2.45, 2.75) is 32.4 Å². The van der Waals surface area contributed by atoms with E-state index in [1.165, 1.54) is 6.07 Å². The number of rotatable bonds is 8. The third-order valence-electron chi connectivity index (χ3n) is 5.83. The van der Waals surface area contributed by atoms with Crippen LogP contribution in [0.4, 0.5) is 14.6 Å². The number of methoxy groups -OCH3 is 1. The molecule has 3 heterocycles. The number of hydrogen-bond donors (Lipinski definition) is 1. The molecular weight excluding hydrogens is 380 g/mol. The molecule has 2 N–H and O–H groups in total. The van der Waals surface area contributed by atoms with Crippen LogP contribution >= 0.6 is 0 Å².